The highest BCUT2D eigenvalue weighted by Crippen LogP contribution is 2.29. The van der Waals surface area contributed by atoms with Gasteiger partial charge in [-0.1, -0.05) is 48.8 Å². The van der Waals surface area contributed by atoms with E-state index in [-0.39, 0.29) is 24.3 Å². The molecule has 0 aliphatic carbocycles. The van der Waals surface area contributed by atoms with Crippen molar-refractivity contribution in [1.29, 1.82) is 0 Å². The number of carbonyl (C=O) groups excluding carboxylic acids is 2. The Kier molecular flexibility index (Phi) is 7.85. The van der Waals surface area contributed by atoms with Crippen molar-refractivity contribution in [1.82, 2.24) is 5.32 Å². The van der Waals surface area contributed by atoms with Crippen molar-refractivity contribution >= 4 is 33.4 Å². The summed E-state index contributed by atoms with van der Waals surface area (Å²) in [5.74, 6) is 0.424. The number of carbonyl (C=O) groups is 2. The van der Waals surface area contributed by atoms with Crippen LogP contribution in [0.5, 0.6) is 5.75 Å². The second kappa shape index (κ2) is 10.1. The van der Waals surface area contributed by atoms with Crippen molar-refractivity contribution in [3.05, 3.63) is 58.1 Å². The molecule has 144 valence electrons. The molecule has 0 aromatic heterocycles. The first-order chi connectivity index (χ1) is 12.9. The second-order valence-corrected chi connectivity index (χ2v) is 7.39. The predicted octanol–water partition coefficient (Wildman–Crippen LogP) is 4.73. The Morgan fingerprint density at radius 2 is 1.89 bits per heavy atom. The summed E-state index contributed by atoms with van der Waals surface area (Å²) in [6.45, 7) is 6.58. The van der Waals surface area contributed by atoms with Gasteiger partial charge in [-0.25, -0.2) is 0 Å². The largest absolute Gasteiger partial charge is 0.483 e. The van der Waals surface area contributed by atoms with Gasteiger partial charge in [-0.15, -0.1) is 0 Å². The van der Waals surface area contributed by atoms with E-state index in [9.17, 15) is 9.59 Å². The van der Waals surface area contributed by atoms with E-state index >= 15 is 0 Å². The zero-order valence-electron chi connectivity index (χ0n) is 15.8. The Hall–Kier alpha value is -2.34. The van der Waals surface area contributed by atoms with Gasteiger partial charge in [-0.05, 0) is 48.2 Å². The predicted molar refractivity (Wildman–Crippen MR) is 111 cm³/mol. The van der Waals surface area contributed by atoms with E-state index in [1.54, 1.807) is 24.3 Å². The molecule has 0 fully saturated rings. The van der Waals surface area contributed by atoms with Crippen LogP contribution in [0.4, 0.5) is 5.69 Å². The molecule has 6 heteroatoms. The minimum Gasteiger partial charge on any atom is -0.483 e. The van der Waals surface area contributed by atoms with Crippen molar-refractivity contribution in [2.45, 2.75) is 33.1 Å². The summed E-state index contributed by atoms with van der Waals surface area (Å²) in [6, 6.07) is 12.7. The summed E-state index contributed by atoms with van der Waals surface area (Å²) in [5, 5.41) is 5.58. The Morgan fingerprint density at radius 1 is 1.15 bits per heavy atom. The van der Waals surface area contributed by atoms with Crippen LogP contribution in [0.1, 0.15) is 49.0 Å². The summed E-state index contributed by atoms with van der Waals surface area (Å²) >= 11 is 3.46. The van der Waals surface area contributed by atoms with Gasteiger partial charge in [-0.3, -0.25) is 9.59 Å². The number of nitrogens with one attached hydrogen (secondary N) is 2. The first-order valence-electron chi connectivity index (χ1n) is 9.01. The molecule has 0 spiro atoms. The maximum atomic E-state index is 12.3. The average molecular weight is 433 g/mol. The number of halogens is 1. The lowest BCUT2D eigenvalue weighted by molar-refractivity contribution is -0.118. The third-order valence-corrected chi connectivity index (χ3v) is 4.43. The van der Waals surface area contributed by atoms with Gasteiger partial charge in [0.2, 0.25) is 0 Å². The maximum absolute atomic E-state index is 12.3. The van der Waals surface area contributed by atoms with E-state index < -0.39 is 0 Å². The minimum absolute atomic E-state index is 0.133. The quantitative estimate of drug-likeness (QED) is 0.633. The Bertz CT molecular complexity index is 806. The molecule has 0 saturated carbocycles. The van der Waals surface area contributed by atoms with Gasteiger partial charge in [-0.2, -0.15) is 0 Å². The molecule has 0 unspecified atom stereocenters. The van der Waals surface area contributed by atoms with Gasteiger partial charge in [0, 0.05) is 11.0 Å². The third-order valence-electron chi connectivity index (χ3n) is 3.93. The minimum atomic E-state index is -0.316. The molecule has 0 heterocycles. The molecule has 5 nitrogen and oxygen atoms in total. The molecular formula is C21H25BrN2O3. The zero-order chi connectivity index (χ0) is 19.8. The van der Waals surface area contributed by atoms with Gasteiger partial charge in [0.25, 0.3) is 11.8 Å². The van der Waals surface area contributed by atoms with E-state index in [0.717, 1.165) is 16.5 Å². The van der Waals surface area contributed by atoms with E-state index in [2.05, 4.69) is 40.4 Å². The van der Waals surface area contributed by atoms with Crippen LogP contribution in [0.2, 0.25) is 0 Å². The van der Waals surface area contributed by atoms with E-state index in [1.165, 1.54) is 0 Å². The zero-order valence-corrected chi connectivity index (χ0v) is 17.4. The number of hydrogen-bond acceptors (Lipinski definition) is 3. The highest BCUT2D eigenvalue weighted by Gasteiger charge is 2.14. The summed E-state index contributed by atoms with van der Waals surface area (Å²) in [6.07, 6.45) is 0.847. The number of hydrogen-bond donors (Lipinski definition) is 2. The third kappa shape index (κ3) is 6.10. The lowest BCUT2D eigenvalue weighted by Crippen LogP contribution is -2.27. The topological polar surface area (TPSA) is 67.4 Å². The molecule has 2 N–H and O–H groups in total. The molecule has 0 aliphatic rings. The fourth-order valence-electron chi connectivity index (χ4n) is 2.56. The fourth-order valence-corrected chi connectivity index (χ4v) is 2.93. The molecule has 2 amide bonds. The number of amides is 2. The van der Waals surface area contributed by atoms with Gasteiger partial charge in [0.1, 0.15) is 5.75 Å². The maximum Gasteiger partial charge on any atom is 0.262 e. The number of rotatable bonds is 8. The summed E-state index contributed by atoms with van der Waals surface area (Å²) < 4.78 is 6.69. The molecule has 2 rings (SSSR count). The standard InChI is InChI=1S/C21H25BrN2O3/c1-4-11-23-21(26)16-7-5-6-8-18(16)24-20(25)13-27-19-10-9-15(22)12-17(19)14(2)3/h5-10,12,14H,4,11,13H2,1-3H3,(H,23,26)(H,24,25). The Morgan fingerprint density at radius 3 is 2.59 bits per heavy atom. The number of benzene rings is 2. The smallest absolute Gasteiger partial charge is 0.262 e. The van der Waals surface area contributed by atoms with Crippen molar-refractivity contribution in [2.24, 2.45) is 0 Å². The molecular weight excluding hydrogens is 408 g/mol. The number of para-hydroxylation sites is 1. The summed E-state index contributed by atoms with van der Waals surface area (Å²) in [7, 11) is 0. The summed E-state index contributed by atoms with van der Waals surface area (Å²) in [4.78, 5) is 24.6. The highest BCUT2D eigenvalue weighted by molar-refractivity contribution is 9.10. The molecule has 27 heavy (non-hydrogen) atoms. The molecule has 2 aromatic rings. The van der Waals surface area contributed by atoms with Gasteiger partial charge in [0.05, 0.1) is 11.3 Å². The monoisotopic (exact) mass is 432 g/mol. The van der Waals surface area contributed by atoms with E-state index in [4.69, 9.17) is 4.74 Å². The van der Waals surface area contributed by atoms with Crippen LogP contribution in [-0.4, -0.2) is 25.0 Å². The summed E-state index contributed by atoms with van der Waals surface area (Å²) in [5.41, 5.74) is 1.93. The highest BCUT2D eigenvalue weighted by atomic mass is 79.9. The number of ether oxygens (including phenoxy) is 1. The lowest BCUT2D eigenvalue weighted by atomic mass is 10.0. The number of anilines is 1. The first kappa shape index (κ1) is 21.0. The Labute approximate surface area is 168 Å². The Balaban J connectivity index is 2.04. The molecule has 0 bridgehead atoms. The van der Waals surface area contributed by atoms with Crippen molar-refractivity contribution in [2.75, 3.05) is 18.5 Å². The SMILES string of the molecule is CCCNC(=O)c1ccccc1NC(=O)COc1ccc(Br)cc1C(C)C. The van der Waals surface area contributed by atoms with Crippen LogP contribution < -0.4 is 15.4 Å². The van der Waals surface area contributed by atoms with Crippen LogP contribution in [0.3, 0.4) is 0 Å². The van der Waals surface area contributed by atoms with Crippen LogP contribution >= 0.6 is 15.9 Å². The van der Waals surface area contributed by atoms with Crippen molar-refractivity contribution in [3.8, 4) is 5.75 Å². The molecule has 0 saturated heterocycles. The molecule has 0 aliphatic heterocycles. The molecule has 2 aromatic carbocycles. The van der Waals surface area contributed by atoms with Crippen LogP contribution in [0, 0.1) is 0 Å². The van der Waals surface area contributed by atoms with Gasteiger partial charge >= 0.3 is 0 Å². The van der Waals surface area contributed by atoms with Gasteiger partial charge < -0.3 is 15.4 Å². The lowest BCUT2D eigenvalue weighted by Gasteiger charge is -2.15. The van der Waals surface area contributed by atoms with E-state index in [0.29, 0.717) is 23.5 Å². The normalized spacial score (nSPS) is 10.6. The molecule has 0 radical (unpaired) electrons. The van der Waals surface area contributed by atoms with Gasteiger partial charge in [0.15, 0.2) is 6.61 Å². The van der Waals surface area contributed by atoms with Crippen LogP contribution in [0.25, 0.3) is 0 Å². The van der Waals surface area contributed by atoms with Crippen molar-refractivity contribution < 1.29 is 14.3 Å². The van der Waals surface area contributed by atoms with E-state index in [1.807, 2.05) is 25.1 Å². The van der Waals surface area contributed by atoms with Crippen LogP contribution in [0.15, 0.2) is 46.9 Å². The van der Waals surface area contributed by atoms with Crippen LogP contribution in [-0.2, 0) is 4.79 Å². The molecule has 0 atom stereocenters. The second-order valence-electron chi connectivity index (χ2n) is 6.48. The average Bonchev–Trinajstić information content (AvgIpc) is 2.65. The first-order valence-corrected chi connectivity index (χ1v) is 9.81. The van der Waals surface area contributed by atoms with Crippen molar-refractivity contribution in [3.63, 3.8) is 0 Å². The fraction of sp³-hybridized carbons (Fsp3) is 0.333.